The van der Waals surface area contributed by atoms with E-state index in [4.69, 9.17) is 4.74 Å². The van der Waals surface area contributed by atoms with Crippen LogP contribution in [0.25, 0.3) is 11.1 Å². The van der Waals surface area contributed by atoms with E-state index >= 15 is 0 Å². The minimum atomic E-state index is -0.209. The van der Waals surface area contributed by atoms with E-state index in [1.54, 1.807) is 48.5 Å². The van der Waals surface area contributed by atoms with E-state index in [9.17, 15) is 15.0 Å². The third-order valence-electron chi connectivity index (χ3n) is 4.00. The second-order valence-corrected chi connectivity index (χ2v) is 5.82. The zero-order valence-electron chi connectivity index (χ0n) is 14.3. The second kappa shape index (κ2) is 7.61. The average molecular weight is 349 g/mol. The molecule has 0 heterocycles. The number of rotatable bonds is 5. The fourth-order valence-electron chi connectivity index (χ4n) is 2.64. The Labute approximate surface area is 151 Å². The van der Waals surface area contributed by atoms with Gasteiger partial charge >= 0.3 is 0 Å². The van der Waals surface area contributed by atoms with Crippen molar-refractivity contribution >= 4 is 5.91 Å². The Bertz CT molecular complexity index is 937. The van der Waals surface area contributed by atoms with Gasteiger partial charge in [-0.3, -0.25) is 4.79 Å². The molecular formula is C21H19NO4. The van der Waals surface area contributed by atoms with Crippen LogP contribution in [0, 0.1) is 0 Å². The molecule has 5 nitrogen and oxygen atoms in total. The molecule has 0 unspecified atom stereocenters. The summed E-state index contributed by atoms with van der Waals surface area (Å²) < 4.78 is 5.07. The van der Waals surface area contributed by atoms with Crippen molar-refractivity contribution in [3.8, 4) is 28.4 Å². The molecule has 3 aromatic carbocycles. The summed E-state index contributed by atoms with van der Waals surface area (Å²) in [5.41, 5.74) is 3.02. The van der Waals surface area contributed by atoms with E-state index in [1.807, 2.05) is 12.1 Å². The van der Waals surface area contributed by atoms with Gasteiger partial charge in [-0.25, -0.2) is 0 Å². The standard InChI is InChI=1S/C21H19NO4/c1-26-20-10-14(8-9-19(20)24)13-22-21(25)17-6-2-4-15(11-17)16-5-3-7-18(23)12-16/h2-12,23-24H,13H2,1H3,(H,22,25). The van der Waals surface area contributed by atoms with Crippen LogP contribution in [0.5, 0.6) is 17.2 Å². The summed E-state index contributed by atoms with van der Waals surface area (Å²) in [5.74, 6) is 0.390. The fourth-order valence-corrected chi connectivity index (χ4v) is 2.64. The van der Waals surface area contributed by atoms with Crippen molar-refractivity contribution in [1.82, 2.24) is 5.32 Å². The van der Waals surface area contributed by atoms with Gasteiger partial charge < -0.3 is 20.3 Å². The van der Waals surface area contributed by atoms with Crippen LogP contribution in [0.4, 0.5) is 0 Å². The number of hydrogen-bond acceptors (Lipinski definition) is 4. The van der Waals surface area contributed by atoms with Crippen molar-refractivity contribution in [3.05, 3.63) is 77.9 Å². The van der Waals surface area contributed by atoms with Crippen LogP contribution in [0.2, 0.25) is 0 Å². The Morgan fingerprint density at radius 3 is 2.42 bits per heavy atom. The van der Waals surface area contributed by atoms with Crippen molar-refractivity contribution in [2.24, 2.45) is 0 Å². The lowest BCUT2D eigenvalue weighted by atomic mass is 10.0. The Morgan fingerprint density at radius 1 is 0.962 bits per heavy atom. The van der Waals surface area contributed by atoms with E-state index in [2.05, 4.69) is 5.32 Å². The molecule has 1 amide bonds. The molecule has 0 radical (unpaired) electrons. The number of aromatic hydroxyl groups is 2. The zero-order valence-corrected chi connectivity index (χ0v) is 14.3. The molecule has 0 atom stereocenters. The largest absolute Gasteiger partial charge is 0.508 e. The molecule has 0 bridgehead atoms. The van der Waals surface area contributed by atoms with Crippen LogP contribution in [-0.4, -0.2) is 23.2 Å². The van der Waals surface area contributed by atoms with E-state index in [0.717, 1.165) is 16.7 Å². The smallest absolute Gasteiger partial charge is 0.251 e. The zero-order chi connectivity index (χ0) is 18.5. The summed E-state index contributed by atoms with van der Waals surface area (Å²) in [6, 6.07) is 19.0. The highest BCUT2D eigenvalue weighted by Crippen LogP contribution is 2.26. The lowest BCUT2D eigenvalue weighted by Crippen LogP contribution is -2.22. The molecular weight excluding hydrogens is 330 g/mol. The minimum Gasteiger partial charge on any atom is -0.508 e. The van der Waals surface area contributed by atoms with Gasteiger partial charge in [-0.1, -0.05) is 30.3 Å². The van der Waals surface area contributed by atoms with Crippen molar-refractivity contribution in [1.29, 1.82) is 0 Å². The number of phenolic OH excluding ortho intramolecular Hbond substituents is 2. The van der Waals surface area contributed by atoms with Gasteiger partial charge in [0.15, 0.2) is 11.5 Å². The first-order chi connectivity index (χ1) is 12.6. The first-order valence-corrected chi connectivity index (χ1v) is 8.10. The number of amides is 1. The molecule has 0 spiro atoms. The number of carbonyl (C=O) groups is 1. The predicted octanol–water partition coefficient (Wildman–Crippen LogP) is 3.70. The highest BCUT2D eigenvalue weighted by Gasteiger charge is 2.09. The summed E-state index contributed by atoms with van der Waals surface area (Å²) in [6.07, 6.45) is 0. The molecule has 0 aliphatic rings. The molecule has 0 saturated carbocycles. The normalized spacial score (nSPS) is 10.3. The molecule has 3 aromatic rings. The van der Waals surface area contributed by atoms with Crippen LogP contribution < -0.4 is 10.1 Å². The van der Waals surface area contributed by atoms with Crippen molar-refractivity contribution in [3.63, 3.8) is 0 Å². The number of benzene rings is 3. The summed E-state index contributed by atoms with van der Waals surface area (Å²) >= 11 is 0. The Morgan fingerprint density at radius 2 is 1.69 bits per heavy atom. The van der Waals surface area contributed by atoms with Crippen LogP contribution in [0.15, 0.2) is 66.7 Å². The maximum Gasteiger partial charge on any atom is 0.251 e. The third-order valence-corrected chi connectivity index (χ3v) is 4.00. The van der Waals surface area contributed by atoms with Gasteiger partial charge in [-0.15, -0.1) is 0 Å². The molecule has 3 N–H and O–H groups in total. The van der Waals surface area contributed by atoms with Gasteiger partial charge in [0.1, 0.15) is 5.75 Å². The number of phenols is 2. The second-order valence-electron chi connectivity index (χ2n) is 5.82. The Hall–Kier alpha value is -3.47. The van der Waals surface area contributed by atoms with Gasteiger partial charge in [0.05, 0.1) is 7.11 Å². The molecule has 5 heteroatoms. The van der Waals surface area contributed by atoms with E-state index in [-0.39, 0.29) is 17.4 Å². The SMILES string of the molecule is COc1cc(CNC(=O)c2cccc(-c3cccc(O)c3)c2)ccc1O. The topological polar surface area (TPSA) is 78.8 Å². The number of methoxy groups -OCH3 is 1. The first kappa shape index (κ1) is 17.4. The highest BCUT2D eigenvalue weighted by atomic mass is 16.5. The molecule has 0 aromatic heterocycles. The Kier molecular flexibility index (Phi) is 5.08. The maximum atomic E-state index is 12.4. The van der Waals surface area contributed by atoms with Gasteiger partial charge in [-0.05, 0) is 53.1 Å². The van der Waals surface area contributed by atoms with Crippen molar-refractivity contribution in [2.45, 2.75) is 6.54 Å². The number of hydrogen-bond donors (Lipinski definition) is 3. The molecule has 0 aliphatic carbocycles. The predicted molar refractivity (Wildman–Crippen MR) is 99.4 cm³/mol. The van der Waals surface area contributed by atoms with Gasteiger partial charge in [-0.2, -0.15) is 0 Å². The van der Waals surface area contributed by atoms with Gasteiger partial charge in [0.25, 0.3) is 5.91 Å². The number of ether oxygens (including phenoxy) is 1. The lowest BCUT2D eigenvalue weighted by Gasteiger charge is -2.09. The van der Waals surface area contributed by atoms with Crippen LogP contribution in [0.3, 0.4) is 0 Å². The summed E-state index contributed by atoms with van der Waals surface area (Å²) in [7, 11) is 1.48. The van der Waals surface area contributed by atoms with Crippen LogP contribution in [0.1, 0.15) is 15.9 Å². The maximum absolute atomic E-state index is 12.4. The monoisotopic (exact) mass is 349 g/mol. The molecule has 26 heavy (non-hydrogen) atoms. The minimum absolute atomic E-state index is 0.0568. The fraction of sp³-hybridized carbons (Fsp3) is 0.0952. The summed E-state index contributed by atoms with van der Waals surface area (Å²) in [5, 5.41) is 22.1. The van der Waals surface area contributed by atoms with Crippen molar-refractivity contribution in [2.75, 3.05) is 7.11 Å². The molecule has 0 fully saturated rings. The third kappa shape index (κ3) is 3.95. The van der Waals surface area contributed by atoms with E-state index in [0.29, 0.717) is 17.9 Å². The van der Waals surface area contributed by atoms with Crippen LogP contribution >= 0.6 is 0 Å². The number of nitrogens with one attached hydrogen (secondary N) is 1. The van der Waals surface area contributed by atoms with E-state index in [1.165, 1.54) is 13.2 Å². The number of carbonyl (C=O) groups excluding carboxylic acids is 1. The first-order valence-electron chi connectivity index (χ1n) is 8.10. The summed E-state index contributed by atoms with van der Waals surface area (Å²) in [4.78, 5) is 12.4. The average Bonchev–Trinajstić information content (AvgIpc) is 2.67. The van der Waals surface area contributed by atoms with E-state index < -0.39 is 0 Å². The Balaban J connectivity index is 1.73. The molecule has 0 aliphatic heterocycles. The van der Waals surface area contributed by atoms with Crippen molar-refractivity contribution < 1.29 is 19.7 Å². The lowest BCUT2D eigenvalue weighted by molar-refractivity contribution is 0.0951. The highest BCUT2D eigenvalue weighted by molar-refractivity contribution is 5.95. The van der Waals surface area contributed by atoms with Gasteiger partial charge in [0.2, 0.25) is 0 Å². The van der Waals surface area contributed by atoms with Gasteiger partial charge in [0, 0.05) is 12.1 Å². The molecule has 3 rings (SSSR count). The summed E-state index contributed by atoms with van der Waals surface area (Å²) in [6.45, 7) is 0.311. The molecule has 0 saturated heterocycles. The quantitative estimate of drug-likeness (QED) is 0.656. The van der Waals surface area contributed by atoms with Crippen LogP contribution in [-0.2, 0) is 6.54 Å². The molecule has 132 valence electrons.